The number of nitrogens with two attached hydrogens (primary N) is 1. The van der Waals surface area contributed by atoms with Gasteiger partial charge in [-0.15, -0.1) is 0 Å². The van der Waals surface area contributed by atoms with E-state index in [1.165, 1.54) is 0 Å². The molecule has 1 saturated heterocycles. The highest BCUT2D eigenvalue weighted by Crippen LogP contribution is 2.65. The second-order valence-electron chi connectivity index (χ2n) is 17.8. The van der Waals surface area contributed by atoms with Crippen molar-refractivity contribution in [2.75, 3.05) is 13.2 Å². The minimum absolute atomic E-state index is 0.0582. The summed E-state index contributed by atoms with van der Waals surface area (Å²) in [4.78, 5) is 81.3. The van der Waals surface area contributed by atoms with Crippen molar-refractivity contribution in [3.63, 3.8) is 0 Å². The molecule has 0 bridgehead atoms. The molecule has 51 heavy (non-hydrogen) atoms. The molecule has 0 radical (unpaired) electrons. The van der Waals surface area contributed by atoms with E-state index < -0.39 is 64.8 Å². The summed E-state index contributed by atoms with van der Waals surface area (Å²) in [5.74, 6) is -2.95. The Morgan fingerprint density at radius 3 is 2.08 bits per heavy atom. The molecule has 3 aliphatic carbocycles. The van der Waals surface area contributed by atoms with Crippen LogP contribution in [0.15, 0.2) is 24.3 Å². The maximum Gasteiger partial charge on any atom is 0.407 e. The van der Waals surface area contributed by atoms with Crippen LogP contribution >= 0.6 is 0 Å². The van der Waals surface area contributed by atoms with Gasteiger partial charge in [0.15, 0.2) is 0 Å². The molecule has 1 unspecified atom stereocenters. The molecule has 1 aliphatic heterocycles. The molecule has 6 N–H and O–H groups in total. The van der Waals surface area contributed by atoms with E-state index in [0.29, 0.717) is 25.8 Å². The quantitative estimate of drug-likeness (QED) is 0.206. The first kappa shape index (κ1) is 38.1. The Kier molecular flexibility index (Phi) is 10.5. The van der Waals surface area contributed by atoms with Crippen molar-refractivity contribution in [3.05, 3.63) is 35.4 Å². The van der Waals surface area contributed by atoms with Gasteiger partial charge in [0, 0.05) is 12.1 Å². The van der Waals surface area contributed by atoms with Crippen molar-refractivity contribution in [1.29, 1.82) is 0 Å². The summed E-state index contributed by atoms with van der Waals surface area (Å²) in [7, 11) is 0. The number of fused-ring (bicyclic) bond motifs is 2. The average Bonchev–Trinajstić information content (AvgIpc) is 3.77. The van der Waals surface area contributed by atoms with Crippen molar-refractivity contribution in [3.8, 4) is 0 Å². The molecule has 6 amide bonds. The van der Waals surface area contributed by atoms with E-state index in [4.69, 9.17) is 10.5 Å². The summed E-state index contributed by atoms with van der Waals surface area (Å²) in [6.07, 6.45) is 2.67. The van der Waals surface area contributed by atoms with Crippen LogP contribution in [-0.2, 0) is 36.8 Å². The van der Waals surface area contributed by atoms with E-state index in [2.05, 4.69) is 35.1 Å². The molecule has 3 fully saturated rings. The largest absolute Gasteiger partial charge is 0.447 e. The van der Waals surface area contributed by atoms with E-state index in [9.17, 15) is 28.8 Å². The number of carbonyl (C=O) groups is 6. The number of ether oxygens (including phenoxy) is 1. The Balaban J connectivity index is 1.37. The van der Waals surface area contributed by atoms with E-state index in [1.54, 1.807) is 4.90 Å². The molecule has 6 atom stereocenters. The molecule has 0 spiro atoms. The normalized spacial score (nSPS) is 23.9. The van der Waals surface area contributed by atoms with Crippen molar-refractivity contribution in [2.45, 2.75) is 117 Å². The topological polar surface area (TPSA) is 189 Å². The number of hydrogen-bond donors (Lipinski definition) is 5. The lowest BCUT2D eigenvalue weighted by atomic mass is 9.87. The maximum absolute atomic E-state index is 14.7. The monoisotopic (exact) mass is 708 g/mol. The van der Waals surface area contributed by atoms with Crippen molar-refractivity contribution in [2.24, 2.45) is 40.2 Å². The number of carbonyl (C=O) groups excluding carboxylic acids is 6. The Labute approximate surface area is 300 Å². The van der Waals surface area contributed by atoms with Crippen LogP contribution in [0.5, 0.6) is 0 Å². The third-order valence-corrected chi connectivity index (χ3v) is 11.2. The lowest BCUT2D eigenvalue weighted by Gasteiger charge is -2.36. The summed E-state index contributed by atoms with van der Waals surface area (Å²) in [6, 6.07) is 3.84. The Bertz CT molecular complexity index is 1530. The van der Waals surface area contributed by atoms with Gasteiger partial charge in [0.2, 0.25) is 17.6 Å². The zero-order valence-electron chi connectivity index (χ0n) is 31.3. The van der Waals surface area contributed by atoms with Crippen LogP contribution < -0.4 is 27.0 Å². The minimum atomic E-state index is -1.10. The average molecular weight is 709 g/mol. The standard InChI is InChI=1S/C38H56N6O7/c1-36(2,3)26(19-51-35(50)43-37(4,5)6)41-34(49)42-28(23-16-21-11-9-10-12-22(21)17-23)33(48)44-18-24-27(38(24,7)8)29(44)32(47)40-25(15-20-13-14-20)30(45)31(39)46/h9-12,20,23-29H,13-19H2,1-8H3,(H2,39,46)(H,40,47)(H,43,50)(H2,41,42,49)/t24-,25?,26+,27-,28-,29-/m0/s1. The third kappa shape index (κ3) is 8.84. The molecule has 4 aliphatic rings. The molecule has 13 nitrogen and oxygen atoms in total. The number of nitrogens with zero attached hydrogens (tertiary/aromatic N) is 1. The first-order valence-corrected chi connectivity index (χ1v) is 18.2. The highest BCUT2D eigenvalue weighted by Gasteiger charge is 2.70. The van der Waals surface area contributed by atoms with Gasteiger partial charge < -0.3 is 36.6 Å². The van der Waals surface area contributed by atoms with Crippen molar-refractivity contribution < 1.29 is 33.5 Å². The number of ketones is 1. The lowest BCUT2D eigenvalue weighted by molar-refractivity contribution is -0.144. The molecule has 0 aromatic heterocycles. The van der Waals surface area contributed by atoms with Gasteiger partial charge in [0.25, 0.3) is 5.91 Å². The first-order chi connectivity index (χ1) is 23.7. The number of benzene rings is 1. The number of amides is 6. The minimum Gasteiger partial charge on any atom is -0.447 e. The second-order valence-corrected chi connectivity index (χ2v) is 17.8. The summed E-state index contributed by atoms with van der Waals surface area (Å²) >= 11 is 0. The van der Waals surface area contributed by atoms with Crippen LogP contribution in [0, 0.1) is 34.5 Å². The van der Waals surface area contributed by atoms with Gasteiger partial charge in [0.05, 0.1) is 12.1 Å². The maximum atomic E-state index is 14.7. The summed E-state index contributed by atoms with van der Waals surface area (Å²) in [6.45, 7) is 15.6. The van der Waals surface area contributed by atoms with Crippen LogP contribution in [0.25, 0.3) is 0 Å². The molecule has 280 valence electrons. The number of piperidine rings is 1. The molecule has 2 saturated carbocycles. The molecule has 1 aromatic rings. The van der Waals surface area contributed by atoms with E-state index in [-0.39, 0.29) is 41.6 Å². The molecule has 13 heteroatoms. The number of alkyl carbamates (subject to hydrolysis) is 1. The molecule has 5 rings (SSSR count). The van der Waals surface area contributed by atoms with Gasteiger partial charge in [-0.1, -0.05) is 71.7 Å². The Hall–Kier alpha value is -4.16. The fourth-order valence-electron chi connectivity index (χ4n) is 7.90. The molecule has 1 aromatic carbocycles. The smallest absolute Gasteiger partial charge is 0.407 e. The number of primary amides is 1. The van der Waals surface area contributed by atoms with Crippen LogP contribution in [0.2, 0.25) is 0 Å². The van der Waals surface area contributed by atoms with Crippen molar-refractivity contribution in [1.82, 2.24) is 26.2 Å². The number of Topliss-reactive ketones (excluding diaryl/α,β-unsaturated/α-hetero) is 1. The van der Waals surface area contributed by atoms with Crippen LogP contribution in [0.3, 0.4) is 0 Å². The highest BCUT2D eigenvalue weighted by atomic mass is 16.5. The first-order valence-electron chi connectivity index (χ1n) is 18.2. The molecular weight excluding hydrogens is 652 g/mol. The summed E-state index contributed by atoms with van der Waals surface area (Å²) in [5.41, 5.74) is 6.33. The number of rotatable bonds is 12. The van der Waals surface area contributed by atoms with Crippen LogP contribution in [-0.4, -0.2) is 83.4 Å². The number of likely N-dealkylation sites (tertiary alicyclic amines) is 1. The van der Waals surface area contributed by atoms with Gasteiger partial charge in [-0.2, -0.15) is 0 Å². The molecule has 1 heterocycles. The van der Waals surface area contributed by atoms with Crippen LogP contribution in [0.4, 0.5) is 9.59 Å². The summed E-state index contributed by atoms with van der Waals surface area (Å²) < 4.78 is 5.49. The number of urea groups is 1. The Morgan fingerprint density at radius 1 is 0.941 bits per heavy atom. The second kappa shape index (κ2) is 14.1. The van der Waals surface area contributed by atoms with Gasteiger partial charge in [0.1, 0.15) is 18.7 Å². The fraction of sp³-hybridized carbons (Fsp3) is 0.684. The predicted molar refractivity (Wildman–Crippen MR) is 190 cm³/mol. The number of nitrogens with one attached hydrogen (secondary N) is 4. The van der Waals surface area contributed by atoms with Gasteiger partial charge in [-0.25, -0.2) is 9.59 Å². The van der Waals surface area contributed by atoms with Gasteiger partial charge in [-0.3, -0.25) is 19.2 Å². The lowest BCUT2D eigenvalue weighted by Crippen LogP contribution is -2.61. The highest BCUT2D eigenvalue weighted by molar-refractivity contribution is 6.37. The zero-order chi connectivity index (χ0) is 37.6. The predicted octanol–water partition coefficient (Wildman–Crippen LogP) is 2.83. The van der Waals surface area contributed by atoms with E-state index in [0.717, 1.165) is 24.0 Å². The number of hydrogen-bond acceptors (Lipinski definition) is 7. The Morgan fingerprint density at radius 2 is 1.55 bits per heavy atom. The zero-order valence-corrected chi connectivity index (χ0v) is 31.3. The van der Waals surface area contributed by atoms with Gasteiger partial charge >= 0.3 is 12.1 Å². The van der Waals surface area contributed by atoms with Gasteiger partial charge in [-0.05, 0) is 85.7 Å². The van der Waals surface area contributed by atoms with Crippen LogP contribution in [0.1, 0.15) is 85.8 Å². The third-order valence-electron chi connectivity index (χ3n) is 11.2. The summed E-state index contributed by atoms with van der Waals surface area (Å²) in [5, 5.41) is 11.5. The van der Waals surface area contributed by atoms with E-state index >= 15 is 0 Å². The molecular formula is C38H56N6O7. The van der Waals surface area contributed by atoms with Crippen molar-refractivity contribution >= 4 is 35.6 Å². The van der Waals surface area contributed by atoms with E-state index in [1.807, 2.05) is 65.8 Å². The fourth-order valence-corrected chi connectivity index (χ4v) is 7.90. The SMILES string of the molecule is CC(C)(C)NC(=O)OC[C@@H](NC(=O)N[C@H](C(=O)N1C[C@H]2[C@@H]([C@H]1C(=O)NC(CC1CC1)C(=O)C(N)=O)C2(C)C)C1Cc2ccccc2C1)C(C)(C)C.